The van der Waals surface area contributed by atoms with E-state index < -0.39 is 0 Å². The summed E-state index contributed by atoms with van der Waals surface area (Å²) in [6, 6.07) is 0. The average molecular weight is 122 g/mol. The molecule has 0 bridgehead atoms. The molecular formula is C7H10N2. The molecule has 0 aromatic carbocycles. The smallest absolute Gasteiger partial charge is 0.109 e. The van der Waals surface area contributed by atoms with E-state index in [1.165, 1.54) is 0 Å². The van der Waals surface area contributed by atoms with Gasteiger partial charge in [0.2, 0.25) is 0 Å². The van der Waals surface area contributed by atoms with Crippen LogP contribution in [0.5, 0.6) is 0 Å². The minimum Gasteiger partial charge on any atom is -0.348 e. The van der Waals surface area contributed by atoms with Crippen LogP contribution in [0.4, 0.5) is 0 Å². The lowest BCUT2D eigenvalue weighted by molar-refractivity contribution is 1.06. The zero-order valence-electron chi connectivity index (χ0n) is 5.46. The Morgan fingerprint density at radius 3 is 3.22 bits per heavy atom. The molecule has 0 spiro atoms. The Bertz CT molecular complexity index is 175. The second-order valence-electron chi connectivity index (χ2n) is 1.81. The molecule has 9 heavy (non-hydrogen) atoms. The van der Waals surface area contributed by atoms with E-state index in [4.69, 9.17) is 0 Å². The van der Waals surface area contributed by atoms with Gasteiger partial charge in [0, 0.05) is 18.8 Å². The summed E-state index contributed by atoms with van der Waals surface area (Å²) in [7, 11) is 0. The van der Waals surface area contributed by atoms with Crippen LogP contribution in [-0.4, -0.2) is 9.97 Å². The molecule has 1 aromatic heterocycles. The van der Waals surface area contributed by atoms with Crippen LogP contribution in [0.1, 0.15) is 12.7 Å². The van der Waals surface area contributed by atoms with E-state index in [-0.39, 0.29) is 0 Å². The minimum atomic E-state index is 0.906. The molecule has 2 nitrogen and oxygen atoms in total. The number of aromatic nitrogens is 2. The lowest BCUT2D eigenvalue weighted by Crippen LogP contribution is -1.81. The fourth-order valence-corrected chi connectivity index (χ4v) is 0.639. The predicted octanol–water partition coefficient (Wildman–Crippen LogP) is 1.53. The lowest BCUT2D eigenvalue weighted by Gasteiger charge is -1.83. The van der Waals surface area contributed by atoms with Crippen molar-refractivity contribution in [2.75, 3.05) is 0 Å². The van der Waals surface area contributed by atoms with Crippen LogP contribution in [-0.2, 0) is 6.42 Å². The standard InChI is InChI=1S/C7H10N2/c1-2-3-4-7-8-5-6-9-7/h2-3,5-6H,4H2,1H3,(H,8,9)/b3-2+. The Hall–Kier alpha value is -1.05. The van der Waals surface area contributed by atoms with Gasteiger partial charge in [-0.05, 0) is 6.92 Å². The van der Waals surface area contributed by atoms with Gasteiger partial charge in [-0.1, -0.05) is 12.2 Å². The van der Waals surface area contributed by atoms with E-state index in [1.807, 2.05) is 19.2 Å². The summed E-state index contributed by atoms with van der Waals surface area (Å²) in [6.07, 6.45) is 8.59. The number of nitrogens with zero attached hydrogens (tertiary/aromatic N) is 1. The molecule has 0 saturated heterocycles. The second kappa shape index (κ2) is 3.07. The van der Waals surface area contributed by atoms with Gasteiger partial charge >= 0.3 is 0 Å². The van der Waals surface area contributed by atoms with E-state index in [0.717, 1.165) is 12.2 Å². The largest absolute Gasteiger partial charge is 0.348 e. The van der Waals surface area contributed by atoms with E-state index in [1.54, 1.807) is 6.20 Å². The van der Waals surface area contributed by atoms with Crippen molar-refractivity contribution >= 4 is 0 Å². The summed E-state index contributed by atoms with van der Waals surface area (Å²) < 4.78 is 0. The number of allylic oxidation sites excluding steroid dienone is 2. The van der Waals surface area contributed by atoms with Crippen molar-refractivity contribution in [1.29, 1.82) is 0 Å². The first-order valence-corrected chi connectivity index (χ1v) is 3.03. The number of hydrogen-bond acceptors (Lipinski definition) is 1. The van der Waals surface area contributed by atoms with Crippen molar-refractivity contribution in [3.05, 3.63) is 30.4 Å². The van der Waals surface area contributed by atoms with Crippen LogP contribution < -0.4 is 0 Å². The fourth-order valence-electron chi connectivity index (χ4n) is 0.639. The molecule has 0 saturated carbocycles. The van der Waals surface area contributed by atoms with Crippen molar-refractivity contribution in [2.24, 2.45) is 0 Å². The van der Waals surface area contributed by atoms with Gasteiger partial charge < -0.3 is 4.98 Å². The van der Waals surface area contributed by atoms with Crippen LogP contribution in [0, 0.1) is 0 Å². The molecule has 0 unspecified atom stereocenters. The highest BCUT2D eigenvalue weighted by atomic mass is 14.9. The van der Waals surface area contributed by atoms with Crippen LogP contribution in [0.3, 0.4) is 0 Å². The lowest BCUT2D eigenvalue weighted by atomic mass is 10.4. The number of rotatable bonds is 2. The third-order valence-corrected chi connectivity index (χ3v) is 1.10. The van der Waals surface area contributed by atoms with Crippen LogP contribution in [0.25, 0.3) is 0 Å². The topological polar surface area (TPSA) is 28.7 Å². The molecule has 48 valence electrons. The molecule has 0 radical (unpaired) electrons. The number of H-pyrrole nitrogens is 1. The molecule has 1 aromatic rings. The first-order valence-electron chi connectivity index (χ1n) is 3.03. The normalized spacial score (nSPS) is 10.8. The van der Waals surface area contributed by atoms with Gasteiger partial charge in [-0.2, -0.15) is 0 Å². The van der Waals surface area contributed by atoms with Crippen molar-refractivity contribution in [1.82, 2.24) is 9.97 Å². The summed E-state index contributed by atoms with van der Waals surface area (Å²) in [4.78, 5) is 7.06. The SMILES string of the molecule is C/C=C/Cc1ncc[nH]1. The van der Waals surface area contributed by atoms with Gasteiger partial charge in [0.1, 0.15) is 5.82 Å². The molecule has 0 fully saturated rings. The average Bonchev–Trinajstić information content (AvgIpc) is 2.34. The van der Waals surface area contributed by atoms with Gasteiger partial charge in [-0.15, -0.1) is 0 Å². The van der Waals surface area contributed by atoms with Crippen molar-refractivity contribution < 1.29 is 0 Å². The highest BCUT2D eigenvalue weighted by molar-refractivity contribution is 4.95. The summed E-state index contributed by atoms with van der Waals surface area (Å²) in [5.74, 6) is 1.02. The molecule has 2 heteroatoms. The zero-order chi connectivity index (χ0) is 6.53. The summed E-state index contributed by atoms with van der Waals surface area (Å²) in [6.45, 7) is 2.00. The number of hydrogen-bond donors (Lipinski definition) is 1. The monoisotopic (exact) mass is 122 g/mol. The van der Waals surface area contributed by atoms with Crippen LogP contribution in [0.15, 0.2) is 24.5 Å². The maximum absolute atomic E-state index is 4.05. The van der Waals surface area contributed by atoms with Crippen LogP contribution in [0.2, 0.25) is 0 Å². The molecule has 0 atom stereocenters. The van der Waals surface area contributed by atoms with Crippen molar-refractivity contribution in [2.45, 2.75) is 13.3 Å². The van der Waals surface area contributed by atoms with Crippen molar-refractivity contribution in [3.8, 4) is 0 Å². The Kier molecular flexibility index (Phi) is 2.07. The van der Waals surface area contributed by atoms with E-state index in [2.05, 4.69) is 16.0 Å². The number of nitrogens with one attached hydrogen (secondary N) is 1. The van der Waals surface area contributed by atoms with E-state index in [9.17, 15) is 0 Å². The highest BCUT2D eigenvalue weighted by Gasteiger charge is 1.85. The molecule has 1 rings (SSSR count). The highest BCUT2D eigenvalue weighted by Crippen LogP contribution is 1.89. The van der Waals surface area contributed by atoms with Gasteiger partial charge in [0.25, 0.3) is 0 Å². The Morgan fingerprint density at radius 2 is 2.67 bits per heavy atom. The summed E-state index contributed by atoms with van der Waals surface area (Å²) >= 11 is 0. The molecule has 0 aliphatic carbocycles. The van der Waals surface area contributed by atoms with Gasteiger partial charge in [0.15, 0.2) is 0 Å². The van der Waals surface area contributed by atoms with Gasteiger partial charge in [-0.25, -0.2) is 4.98 Å². The summed E-state index contributed by atoms with van der Waals surface area (Å²) in [5.41, 5.74) is 0. The van der Waals surface area contributed by atoms with Gasteiger partial charge in [-0.3, -0.25) is 0 Å². The molecule has 1 N–H and O–H groups in total. The first kappa shape index (κ1) is 6.08. The molecule has 0 aliphatic rings. The third kappa shape index (κ3) is 1.72. The fraction of sp³-hybridized carbons (Fsp3) is 0.286. The minimum absolute atomic E-state index is 0.906. The number of aromatic amines is 1. The predicted molar refractivity (Wildman–Crippen MR) is 37.1 cm³/mol. The molecule has 0 amide bonds. The summed E-state index contributed by atoms with van der Waals surface area (Å²) in [5, 5.41) is 0. The Balaban J connectivity index is 2.48. The molecule has 0 aliphatic heterocycles. The first-order chi connectivity index (χ1) is 4.43. The van der Waals surface area contributed by atoms with E-state index in [0.29, 0.717) is 0 Å². The quantitative estimate of drug-likeness (QED) is 0.592. The van der Waals surface area contributed by atoms with Gasteiger partial charge in [0.05, 0.1) is 0 Å². The maximum atomic E-state index is 4.05. The maximum Gasteiger partial charge on any atom is 0.109 e. The van der Waals surface area contributed by atoms with E-state index >= 15 is 0 Å². The second-order valence-corrected chi connectivity index (χ2v) is 1.81. The molecular weight excluding hydrogens is 112 g/mol. The van der Waals surface area contributed by atoms with Crippen LogP contribution >= 0.6 is 0 Å². The molecule has 1 heterocycles. The Morgan fingerprint density at radius 1 is 1.78 bits per heavy atom. The number of imidazole rings is 1. The zero-order valence-corrected chi connectivity index (χ0v) is 5.46. The third-order valence-electron chi connectivity index (χ3n) is 1.10. The van der Waals surface area contributed by atoms with Crippen molar-refractivity contribution in [3.63, 3.8) is 0 Å². The Labute approximate surface area is 54.6 Å².